The highest BCUT2D eigenvalue weighted by atomic mass is 127. The third-order valence-electron chi connectivity index (χ3n) is 6.64. The minimum absolute atomic E-state index is 0. The lowest BCUT2D eigenvalue weighted by molar-refractivity contribution is 0.0206. The summed E-state index contributed by atoms with van der Waals surface area (Å²) in [5.74, 6) is 0.986. The number of aliphatic imine (C=N–C) groups is 1. The quantitative estimate of drug-likeness (QED) is 0.334. The van der Waals surface area contributed by atoms with E-state index in [1.54, 1.807) is 0 Å². The molecular formula is C22H40ClIN6. The van der Waals surface area contributed by atoms with Crippen LogP contribution in [0.2, 0.25) is 5.02 Å². The van der Waals surface area contributed by atoms with E-state index in [4.69, 9.17) is 16.6 Å². The van der Waals surface area contributed by atoms with Crippen molar-refractivity contribution in [2.75, 3.05) is 53.4 Å². The molecule has 2 fully saturated rings. The monoisotopic (exact) mass is 550 g/mol. The van der Waals surface area contributed by atoms with Gasteiger partial charge >= 0.3 is 0 Å². The van der Waals surface area contributed by atoms with Gasteiger partial charge in [-0.15, -0.1) is 24.0 Å². The molecule has 0 saturated carbocycles. The summed E-state index contributed by atoms with van der Waals surface area (Å²) in [6.45, 7) is 9.46. The summed E-state index contributed by atoms with van der Waals surface area (Å²) < 4.78 is 2.09. The number of guanidine groups is 1. The largest absolute Gasteiger partial charge is 0.357 e. The number of nitrogens with one attached hydrogen (secondary N) is 1. The van der Waals surface area contributed by atoms with Gasteiger partial charge in [-0.1, -0.05) is 18.0 Å². The zero-order valence-electron chi connectivity index (χ0n) is 19.2. The lowest BCUT2D eigenvalue weighted by Gasteiger charge is -2.49. The molecule has 0 bridgehead atoms. The van der Waals surface area contributed by atoms with Crippen molar-refractivity contribution in [2.24, 2.45) is 12.0 Å². The van der Waals surface area contributed by atoms with Crippen molar-refractivity contribution in [3.63, 3.8) is 0 Å². The summed E-state index contributed by atoms with van der Waals surface area (Å²) >= 11 is 6.17. The number of likely N-dealkylation sites (tertiary alicyclic amines) is 2. The van der Waals surface area contributed by atoms with Gasteiger partial charge in [-0.25, -0.2) is 0 Å². The van der Waals surface area contributed by atoms with Crippen LogP contribution in [0.4, 0.5) is 0 Å². The number of aryl methyl sites for hydroxylation is 1. The topological polar surface area (TPSA) is 39.0 Å². The highest BCUT2D eigenvalue weighted by Crippen LogP contribution is 2.31. The Kier molecular flexibility index (Phi) is 10.2. The summed E-state index contributed by atoms with van der Waals surface area (Å²) in [6.07, 6.45) is 8.41. The lowest BCUT2D eigenvalue weighted by Crippen LogP contribution is -2.58. The van der Waals surface area contributed by atoms with Gasteiger partial charge in [0.1, 0.15) is 0 Å². The van der Waals surface area contributed by atoms with E-state index in [1.165, 1.54) is 64.0 Å². The Morgan fingerprint density at radius 2 is 1.83 bits per heavy atom. The maximum Gasteiger partial charge on any atom is 0.194 e. The maximum absolute atomic E-state index is 6.17. The molecule has 8 heteroatoms. The Balaban J connectivity index is 0.00000320. The van der Waals surface area contributed by atoms with E-state index in [1.807, 2.05) is 19.3 Å². The Labute approximate surface area is 205 Å². The highest BCUT2D eigenvalue weighted by Gasteiger charge is 2.39. The molecule has 0 unspecified atom stereocenters. The molecule has 0 aliphatic carbocycles. The molecule has 6 nitrogen and oxygen atoms in total. The van der Waals surface area contributed by atoms with E-state index in [-0.39, 0.29) is 29.5 Å². The van der Waals surface area contributed by atoms with E-state index in [2.05, 4.69) is 45.6 Å². The predicted octanol–water partition coefficient (Wildman–Crippen LogP) is 3.64. The molecule has 1 N–H and O–H groups in total. The predicted molar refractivity (Wildman–Crippen MR) is 138 cm³/mol. The number of nitrogens with zero attached hydrogens (tertiary/aromatic N) is 5. The molecule has 0 spiro atoms. The van der Waals surface area contributed by atoms with E-state index in [9.17, 15) is 0 Å². The summed E-state index contributed by atoms with van der Waals surface area (Å²) in [7, 11) is 6.40. The van der Waals surface area contributed by atoms with Crippen molar-refractivity contribution >= 4 is 41.5 Å². The number of hydrogen-bond acceptors (Lipinski definition) is 3. The normalized spacial score (nSPS) is 20.6. The third-order valence-corrected chi connectivity index (χ3v) is 6.84. The summed E-state index contributed by atoms with van der Waals surface area (Å²) in [4.78, 5) is 12.6. The molecule has 0 radical (unpaired) electrons. The number of hydrogen-bond donors (Lipinski definition) is 1. The fraction of sp³-hybridized carbons (Fsp3) is 0.773. The second-order valence-corrected chi connectivity index (χ2v) is 9.30. The Bertz CT molecular complexity index is 677. The molecule has 0 atom stereocenters. The molecule has 0 aromatic carbocycles. The van der Waals surface area contributed by atoms with Gasteiger partial charge in [-0.3, -0.25) is 9.89 Å². The minimum atomic E-state index is 0. The van der Waals surface area contributed by atoms with Crippen LogP contribution in [0.25, 0.3) is 0 Å². The second kappa shape index (κ2) is 11.9. The molecule has 0 amide bonds. The van der Waals surface area contributed by atoms with Crippen LogP contribution in [-0.4, -0.2) is 84.1 Å². The van der Waals surface area contributed by atoms with Crippen molar-refractivity contribution in [1.29, 1.82) is 0 Å². The van der Waals surface area contributed by atoms with Gasteiger partial charge in [0.15, 0.2) is 5.96 Å². The molecule has 30 heavy (non-hydrogen) atoms. The summed E-state index contributed by atoms with van der Waals surface area (Å²) in [5.41, 5.74) is 1.40. The molecule has 2 aliphatic rings. The highest BCUT2D eigenvalue weighted by molar-refractivity contribution is 14.0. The first kappa shape index (κ1) is 25.7. The van der Waals surface area contributed by atoms with Crippen LogP contribution >= 0.6 is 35.6 Å². The maximum atomic E-state index is 6.17. The zero-order chi connectivity index (χ0) is 20.9. The molecule has 3 heterocycles. The first-order chi connectivity index (χ1) is 13.9. The van der Waals surface area contributed by atoms with E-state index >= 15 is 0 Å². The van der Waals surface area contributed by atoms with Crippen LogP contribution < -0.4 is 5.32 Å². The Morgan fingerprint density at radius 1 is 1.17 bits per heavy atom. The first-order valence-corrected chi connectivity index (χ1v) is 11.5. The average Bonchev–Trinajstić information content (AvgIpc) is 3.04. The SMILES string of the molecule is CCNC(=NCC1(N2CCCCC2)CCN(C)CC1)N(C)Cc1cc(Cl)cn1C.I. The van der Waals surface area contributed by atoms with Gasteiger partial charge in [0, 0.05) is 38.1 Å². The van der Waals surface area contributed by atoms with Crippen molar-refractivity contribution < 1.29 is 0 Å². The van der Waals surface area contributed by atoms with Crippen LogP contribution in [-0.2, 0) is 13.6 Å². The average molecular weight is 551 g/mol. The van der Waals surface area contributed by atoms with Crippen molar-refractivity contribution in [2.45, 2.75) is 51.1 Å². The van der Waals surface area contributed by atoms with Crippen molar-refractivity contribution in [3.05, 3.63) is 23.0 Å². The number of aromatic nitrogens is 1. The first-order valence-electron chi connectivity index (χ1n) is 11.2. The molecular weight excluding hydrogens is 511 g/mol. The van der Waals surface area contributed by atoms with Crippen LogP contribution in [0.15, 0.2) is 17.3 Å². The van der Waals surface area contributed by atoms with Crippen molar-refractivity contribution in [3.8, 4) is 0 Å². The van der Waals surface area contributed by atoms with Gasteiger partial charge in [0.2, 0.25) is 0 Å². The Morgan fingerprint density at radius 3 is 2.40 bits per heavy atom. The van der Waals surface area contributed by atoms with E-state index in [0.717, 1.165) is 30.6 Å². The number of rotatable bonds is 6. The number of piperidine rings is 2. The molecule has 172 valence electrons. The number of halogens is 2. The van der Waals surface area contributed by atoms with Crippen molar-refractivity contribution in [1.82, 2.24) is 24.6 Å². The minimum Gasteiger partial charge on any atom is -0.357 e. The van der Waals surface area contributed by atoms with E-state index < -0.39 is 0 Å². The standard InChI is InChI=1S/C22H39ClN6.HI/c1-5-24-21(28(4)17-20-15-19(23)16-27(20)3)25-18-22(9-13-26(2)14-10-22)29-11-7-6-8-12-29;/h15-16H,5-14,17-18H2,1-4H3,(H,24,25);1H. The molecule has 2 aliphatic heterocycles. The summed E-state index contributed by atoms with van der Waals surface area (Å²) in [5, 5.41) is 4.29. The Hall–Kier alpha value is -0.510. The van der Waals surface area contributed by atoms with Gasteiger partial charge in [-0.05, 0) is 71.9 Å². The lowest BCUT2D eigenvalue weighted by atomic mass is 9.84. The third kappa shape index (κ3) is 6.50. The van der Waals surface area contributed by atoms with Crippen LogP contribution in [0, 0.1) is 0 Å². The molecule has 1 aromatic heterocycles. The fourth-order valence-electron chi connectivity index (χ4n) is 4.71. The fourth-order valence-corrected chi connectivity index (χ4v) is 4.98. The van der Waals surface area contributed by atoms with Gasteiger partial charge in [0.05, 0.1) is 18.1 Å². The molecule has 3 rings (SSSR count). The van der Waals surface area contributed by atoms with E-state index in [0.29, 0.717) is 0 Å². The zero-order valence-corrected chi connectivity index (χ0v) is 22.2. The van der Waals surface area contributed by atoms with Crippen LogP contribution in [0.1, 0.15) is 44.7 Å². The van der Waals surface area contributed by atoms with Gasteiger partial charge in [-0.2, -0.15) is 0 Å². The van der Waals surface area contributed by atoms with Crippen LogP contribution in [0.3, 0.4) is 0 Å². The molecule has 2 saturated heterocycles. The summed E-state index contributed by atoms with van der Waals surface area (Å²) in [6, 6.07) is 2.04. The smallest absolute Gasteiger partial charge is 0.194 e. The van der Waals surface area contributed by atoms with Gasteiger partial charge in [0.25, 0.3) is 0 Å². The second-order valence-electron chi connectivity index (χ2n) is 8.86. The molecule has 1 aromatic rings. The van der Waals surface area contributed by atoms with Gasteiger partial charge < -0.3 is 19.7 Å². The van der Waals surface area contributed by atoms with Crippen LogP contribution in [0.5, 0.6) is 0 Å².